The molecule has 0 bridgehead atoms. The molecule has 0 saturated carbocycles. The van der Waals surface area contributed by atoms with Gasteiger partial charge in [0.1, 0.15) is 16.4 Å². The summed E-state index contributed by atoms with van der Waals surface area (Å²) >= 11 is 6.26. The SMILES string of the molecule is CCN(c1ccccc1)S(=O)(=O)c1cc(NC(=O)Cc2ccc(OC)cc2OC)ccc1Cl. The molecule has 0 aromatic heterocycles. The van der Waals surface area contributed by atoms with Gasteiger partial charge in [0.15, 0.2) is 0 Å². The quantitative estimate of drug-likeness (QED) is 0.469. The van der Waals surface area contributed by atoms with E-state index in [9.17, 15) is 13.2 Å². The number of benzene rings is 3. The molecule has 3 rings (SSSR count). The maximum atomic E-state index is 13.4. The van der Waals surface area contributed by atoms with Gasteiger partial charge in [-0.05, 0) is 43.3 Å². The van der Waals surface area contributed by atoms with Gasteiger partial charge in [-0.15, -0.1) is 0 Å². The lowest BCUT2D eigenvalue weighted by atomic mass is 10.1. The monoisotopic (exact) mass is 488 g/mol. The summed E-state index contributed by atoms with van der Waals surface area (Å²) in [6, 6.07) is 18.3. The predicted octanol–water partition coefficient (Wildman–Crippen LogP) is 4.75. The highest BCUT2D eigenvalue weighted by atomic mass is 35.5. The zero-order chi connectivity index (χ0) is 24.0. The third-order valence-corrected chi connectivity index (χ3v) is 7.34. The van der Waals surface area contributed by atoms with Crippen LogP contribution >= 0.6 is 11.6 Å². The molecule has 1 N–H and O–H groups in total. The average Bonchev–Trinajstić information content (AvgIpc) is 2.81. The second kappa shape index (κ2) is 10.6. The normalized spacial score (nSPS) is 11.0. The predicted molar refractivity (Wildman–Crippen MR) is 130 cm³/mol. The van der Waals surface area contributed by atoms with Crippen molar-refractivity contribution in [3.05, 3.63) is 77.3 Å². The number of carbonyl (C=O) groups excluding carboxylic acids is 1. The lowest BCUT2D eigenvalue weighted by Gasteiger charge is -2.23. The minimum absolute atomic E-state index is 0.0307. The minimum Gasteiger partial charge on any atom is -0.497 e. The number of halogens is 1. The molecule has 1 amide bonds. The first kappa shape index (κ1) is 24.4. The lowest BCUT2D eigenvalue weighted by Crippen LogP contribution is -2.31. The third-order valence-electron chi connectivity index (χ3n) is 4.96. The van der Waals surface area contributed by atoms with Crippen molar-refractivity contribution in [2.24, 2.45) is 0 Å². The lowest BCUT2D eigenvalue weighted by molar-refractivity contribution is -0.115. The summed E-state index contributed by atoms with van der Waals surface area (Å²) in [6.45, 7) is 1.96. The molecule has 9 heteroatoms. The molecule has 0 heterocycles. The fourth-order valence-corrected chi connectivity index (χ4v) is 5.34. The molecule has 174 valence electrons. The van der Waals surface area contributed by atoms with Gasteiger partial charge >= 0.3 is 0 Å². The topological polar surface area (TPSA) is 84.9 Å². The van der Waals surface area contributed by atoms with Gasteiger partial charge in [-0.25, -0.2) is 8.42 Å². The van der Waals surface area contributed by atoms with Crippen LogP contribution in [0, 0.1) is 0 Å². The second-order valence-electron chi connectivity index (χ2n) is 7.05. The van der Waals surface area contributed by atoms with Crippen LogP contribution in [0.1, 0.15) is 12.5 Å². The molecule has 33 heavy (non-hydrogen) atoms. The summed E-state index contributed by atoms with van der Waals surface area (Å²) in [4.78, 5) is 12.6. The highest BCUT2D eigenvalue weighted by Gasteiger charge is 2.26. The molecule has 0 saturated heterocycles. The van der Waals surface area contributed by atoms with E-state index in [-0.39, 0.29) is 28.8 Å². The van der Waals surface area contributed by atoms with Gasteiger partial charge < -0.3 is 14.8 Å². The number of hydrogen-bond donors (Lipinski definition) is 1. The maximum absolute atomic E-state index is 13.4. The van der Waals surface area contributed by atoms with E-state index in [2.05, 4.69) is 5.32 Å². The maximum Gasteiger partial charge on any atom is 0.265 e. The number of ether oxygens (including phenoxy) is 2. The highest BCUT2D eigenvalue weighted by molar-refractivity contribution is 7.93. The number of para-hydroxylation sites is 1. The first-order valence-electron chi connectivity index (χ1n) is 10.2. The van der Waals surface area contributed by atoms with Crippen LogP contribution in [0.4, 0.5) is 11.4 Å². The van der Waals surface area contributed by atoms with Crippen molar-refractivity contribution >= 4 is 38.9 Å². The van der Waals surface area contributed by atoms with Gasteiger partial charge in [-0.3, -0.25) is 9.10 Å². The van der Waals surface area contributed by atoms with Gasteiger partial charge in [0, 0.05) is 23.9 Å². The summed E-state index contributed by atoms with van der Waals surface area (Å²) in [5.74, 6) is 0.798. The van der Waals surface area contributed by atoms with E-state index in [1.807, 2.05) is 6.07 Å². The summed E-state index contributed by atoms with van der Waals surface area (Å²) in [6.07, 6.45) is 0.0307. The molecule has 7 nitrogen and oxygen atoms in total. The van der Waals surface area contributed by atoms with Crippen LogP contribution in [0.5, 0.6) is 11.5 Å². The Morgan fingerprint density at radius 3 is 2.36 bits per heavy atom. The van der Waals surface area contributed by atoms with Crippen molar-refractivity contribution in [2.45, 2.75) is 18.2 Å². The van der Waals surface area contributed by atoms with E-state index < -0.39 is 10.0 Å². The summed E-state index contributed by atoms with van der Waals surface area (Å²) in [5, 5.41) is 2.81. The summed E-state index contributed by atoms with van der Waals surface area (Å²) < 4.78 is 38.5. The second-order valence-corrected chi connectivity index (χ2v) is 9.29. The molecule has 3 aromatic rings. The van der Waals surface area contributed by atoms with Crippen LogP contribution in [0.25, 0.3) is 0 Å². The van der Waals surface area contributed by atoms with E-state index in [0.717, 1.165) is 0 Å². The molecule has 0 aliphatic carbocycles. The molecule has 0 aliphatic heterocycles. The number of hydrogen-bond acceptors (Lipinski definition) is 5. The summed E-state index contributed by atoms with van der Waals surface area (Å²) in [7, 11) is -0.895. The van der Waals surface area contributed by atoms with Gasteiger partial charge in [0.2, 0.25) is 5.91 Å². The van der Waals surface area contributed by atoms with Crippen LogP contribution in [0.3, 0.4) is 0 Å². The van der Waals surface area contributed by atoms with E-state index >= 15 is 0 Å². The molecule has 0 unspecified atom stereocenters. The minimum atomic E-state index is -3.95. The first-order valence-corrected chi connectivity index (χ1v) is 12.0. The van der Waals surface area contributed by atoms with Crippen LogP contribution in [-0.4, -0.2) is 35.1 Å². The Hall–Kier alpha value is -3.23. The smallest absolute Gasteiger partial charge is 0.265 e. The molecule has 3 aromatic carbocycles. The number of methoxy groups -OCH3 is 2. The molecule has 0 fully saturated rings. The van der Waals surface area contributed by atoms with Crippen molar-refractivity contribution in [3.63, 3.8) is 0 Å². The van der Waals surface area contributed by atoms with Crippen molar-refractivity contribution < 1.29 is 22.7 Å². The van der Waals surface area contributed by atoms with E-state index in [4.69, 9.17) is 21.1 Å². The van der Waals surface area contributed by atoms with E-state index in [1.54, 1.807) is 62.6 Å². The number of rotatable bonds is 9. The standard InChI is InChI=1S/C24H25ClN2O5S/c1-4-27(19-8-6-5-7-9-19)33(29,30)23-15-18(11-13-21(23)25)26-24(28)14-17-10-12-20(31-2)16-22(17)32-3/h5-13,15-16H,4,14H2,1-3H3,(H,26,28). The number of carbonyl (C=O) groups is 1. The molecule has 0 aliphatic rings. The largest absolute Gasteiger partial charge is 0.497 e. The van der Waals surface area contributed by atoms with E-state index in [1.165, 1.54) is 23.5 Å². The Kier molecular flexibility index (Phi) is 7.84. The Bertz CT molecular complexity index is 1230. The number of sulfonamides is 1. The zero-order valence-electron chi connectivity index (χ0n) is 18.5. The van der Waals surface area contributed by atoms with E-state index in [0.29, 0.717) is 28.4 Å². The Morgan fingerprint density at radius 2 is 1.73 bits per heavy atom. The van der Waals surface area contributed by atoms with Gasteiger partial charge in [-0.2, -0.15) is 0 Å². The number of nitrogens with zero attached hydrogens (tertiary/aromatic N) is 1. The van der Waals surface area contributed by atoms with Gasteiger partial charge in [0.25, 0.3) is 10.0 Å². The average molecular weight is 489 g/mol. The van der Waals surface area contributed by atoms with Gasteiger partial charge in [-0.1, -0.05) is 35.9 Å². The fourth-order valence-electron chi connectivity index (χ4n) is 3.36. The number of anilines is 2. The first-order chi connectivity index (χ1) is 15.8. The zero-order valence-corrected chi connectivity index (χ0v) is 20.1. The number of amides is 1. The molecule has 0 atom stereocenters. The van der Waals surface area contributed by atoms with Crippen molar-refractivity contribution in [3.8, 4) is 11.5 Å². The van der Waals surface area contributed by atoms with Crippen LogP contribution in [0.15, 0.2) is 71.6 Å². The van der Waals surface area contributed by atoms with Crippen molar-refractivity contribution in [1.82, 2.24) is 0 Å². The van der Waals surface area contributed by atoms with Crippen LogP contribution in [-0.2, 0) is 21.2 Å². The van der Waals surface area contributed by atoms with Crippen molar-refractivity contribution in [1.29, 1.82) is 0 Å². The van der Waals surface area contributed by atoms with Crippen LogP contribution in [0.2, 0.25) is 5.02 Å². The summed E-state index contributed by atoms with van der Waals surface area (Å²) in [5.41, 5.74) is 1.51. The molecule has 0 spiro atoms. The van der Waals surface area contributed by atoms with Gasteiger partial charge in [0.05, 0.1) is 31.4 Å². The highest BCUT2D eigenvalue weighted by Crippen LogP contribution is 2.31. The Labute approximate surface area is 198 Å². The fraction of sp³-hybridized carbons (Fsp3) is 0.208. The Morgan fingerprint density at radius 1 is 1.00 bits per heavy atom. The third kappa shape index (κ3) is 5.58. The van der Waals surface area contributed by atoms with Crippen LogP contribution < -0.4 is 19.1 Å². The molecular weight excluding hydrogens is 464 g/mol. The number of nitrogens with one attached hydrogen (secondary N) is 1. The Balaban J connectivity index is 1.85. The van der Waals surface area contributed by atoms with Crippen molar-refractivity contribution in [2.75, 3.05) is 30.4 Å². The molecular formula is C24H25ClN2O5S. The molecule has 0 radical (unpaired) electrons.